The second-order valence-corrected chi connectivity index (χ2v) is 16.4. The number of para-hydroxylation sites is 2. The zero-order chi connectivity index (χ0) is 41.7. The van der Waals surface area contributed by atoms with Crippen molar-refractivity contribution in [3.8, 4) is 77.9 Å². The fraction of sp³-hybridized carbons (Fsp3) is 0. The lowest BCUT2D eigenvalue weighted by molar-refractivity contribution is 1.28. The van der Waals surface area contributed by atoms with Crippen molar-refractivity contribution in [1.82, 2.24) is 0 Å². The summed E-state index contributed by atoms with van der Waals surface area (Å²) in [5.41, 5.74) is 25.6. The predicted octanol–water partition coefficient (Wildman–Crippen LogP) is 17.0. The van der Waals surface area contributed by atoms with E-state index in [0.29, 0.717) is 0 Å². The molecule has 63 heavy (non-hydrogen) atoms. The van der Waals surface area contributed by atoms with Gasteiger partial charge in [0, 0.05) is 17.1 Å². The first-order valence-corrected chi connectivity index (χ1v) is 21.7. The van der Waals surface area contributed by atoms with Crippen LogP contribution in [0.5, 0.6) is 0 Å². The zero-order valence-corrected chi connectivity index (χ0v) is 34.6. The van der Waals surface area contributed by atoms with E-state index >= 15 is 0 Å². The van der Waals surface area contributed by atoms with Gasteiger partial charge in [0.1, 0.15) is 0 Å². The summed E-state index contributed by atoms with van der Waals surface area (Å²) in [6, 6.07) is 88.6. The van der Waals surface area contributed by atoms with Crippen LogP contribution in [0.4, 0.5) is 17.1 Å². The summed E-state index contributed by atoms with van der Waals surface area (Å²) in [6.07, 6.45) is 2.49. The van der Waals surface area contributed by atoms with Crippen molar-refractivity contribution < 1.29 is 0 Å². The molecule has 0 N–H and O–H groups in total. The molecule has 12 rings (SSSR count). The van der Waals surface area contributed by atoms with E-state index < -0.39 is 0 Å². The highest BCUT2D eigenvalue weighted by Gasteiger charge is 2.31. The average Bonchev–Trinajstić information content (AvgIpc) is 3.67. The van der Waals surface area contributed by atoms with Crippen molar-refractivity contribution in [2.24, 2.45) is 0 Å². The van der Waals surface area contributed by atoms with Crippen LogP contribution < -0.4 is 4.90 Å². The number of hydrogen-bond donors (Lipinski definition) is 0. The Morgan fingerprint density at radius 3 is 1.16 bits per heavy atom. The Morgan fingerprint density at radius 1 is 0.222 bits per heavy atom. The number of benzene rings is 10. The molecule has 0 aliphatic heterocycles. The topological polar surface area (TPSA) is 3.24 Å². The van der Waals surface area contributed by atoms with Gasteiger partial charge in [0.25, 0.3) is 0 Å². The molecule has 294 valence electrons. The molecule has 2 aliphatic rings. The molecular formula is C62H41N. The van der Waals surface area contributed by atoms with Gasteiger partial charge in [-0.2, -0.15) is 0 Å². The third-order valence-corrected chi connectivity index (χ3v) is 12.8. The van der Waals surface area contributed by atoms with Gasteiger partial charge >= 0.3 is 0 Å². The summed E-state index contributed by atoms with van der Waals surface area (Å²) in [4.78, 5) is 2.32. The molecule has 0 heterocycles. The Bertz CT molecular complexity index is 3250. The molecule has 1 nitrogen and oxygen atoms in total. The van der Waals surface area contributed by atoms with Gasteiger partial charge in [0.15, 0.2) is 0 Å². The second kappa shape index (κ2) is 15.3. The molecule has 0 bridgehead atoms. The van der Waals surface area contributed by atoms with E-state index in [1.165, 1.54) is 100 Å². The van der Waals surface area contributed by atoms with Crippen LogP contribution in [0.15, 0.2) is 243 Å². The highest BCUT2D eigenvalue weighted by molar-refractivity contribution is 6.15. The number of fused-ring (bicyclic) bond motifs is 7. The van der Waals surface area contributed by atoms with Crippen molar-refractivity contribution in [2.45, 2.75) is 0 Å². The normalized spacial score (nSPS) is 11.9. The standard InChI is InChI=1S/C62H41N/c1-5-18-42(19-6-1)45-36-46(43-20-7-2-8-21-43)38-48(37-45)52-30-17-31-54-53-26-13-14-27-55(53)59-39-47(40-60-56-28-15-16-29-57(56)61(62(59)60)41-58(52)54)44-32-34-51(35-33-44)63(49-22-9-3-10-23-49)50-24-11-4-12-25-50/h1-41H. The first kappa shape index (κ1) is 36.6. The van der Waals surface area contributed by atoms with Gasteiger partial charge in [-0.15, -0.1) is 0 Å². The Hall–Kier alpha value is -8.26. The van der Waals surface area contributed by atoms with E-state index in [4.69, 9.17) is 0 Å². The highest BCUT2D eigenvalue weighted by atomic mass is 15.1. The van der Waals surface area contributed by atoms with Gasteiger partial charge in [-0.05, 0) is 173 Å². The summed E-state index contributed by atoms with van der Waals surface area (Å²) >= 11 is 0. The third kappa shape index (κ3) is 6.42. The van der Waals surface area contributed by atoms with Crippen molar-refractivity contribution in [2.75, 3.05) is 4.90 Å². The van der Waals surface area contributed by atoms with Crippen LogP contribution in [0.2, 0.25) is 0 Å². The Kier molecular flexibility index (Phi) is 8.90. The van der Waals surface area contributed by atoms with Crippen molar-refractivity contribution in [3.63, 3.8) is 0 Å². The van der Waals surface area contributed by atoms with Gasteiger partial charge in [-0.1, -0.05) is 176 Å². The SMILES string of the molecule is C1=C2c3ccccc3-c3cc(-c4ccc(N(c5ccccc5)c5ccccc5)cc4)cc(c32)-c2ccccc2-c2cccc(-c3cc(-c4ccccc4)cc(-c4ccccc4)c3)c21. The van der Waals surface area contributed by atoms with E-state index in [1.807, 2.05) is 0 Å². The lowest BCUT2D eigenvalue weighted by atomic mass is 9.80. The molecule has 0 saturated heterocycles. The summed E-state index contributed by atoms with van der Waals surface area (Å²) < 4.78 is 0. The number of nitrogens with zero attached hydrogens (tertiary/aromatic N) is 1. The number of anilines is 3. The highest BCUT2D eigenvalue weighted by Crippen LogP contribution is 2.54. The summed E-state index contributed by atoms with van der Waals surface area (Å²) in [5, 5.41) is 0. The number of hydrogen-bond acceptors (Lipinski definition) is 1. The first-order valence-electron chi connectivity index (χ1n) is 21.7. The maximum absolute atomic E-state index is 2.49. The molecule has 0 radical (unpaired) electrons. The fourth-order valence-electron chi connectivity index (χ4n) is 9.85. The number of rotatable bonds is 7. The minimum absolute atomic E-state index is 1.12. The zero-order valence-electron chi connectivity index (χ0n) is 34.6. The summed E-state index contributed by atoms with van der Waals surface area (Å²) in [7, 11) is 0. The second-order valence-electron chi connectivity index (χ2n) is 16.4. The molecule has 10 aromatic rings. The van der Waals surface area contributed by atoms with E-state index in [-0.39, 0.29) is 0 Å². The Morgan fingerprint density at radius 2 is 0.603 bits per heavy atom. The van der Waals surface area contributed by atoms with Crippen LogP contribution in [-0.2, 0) is 0 Å². The molecule has 0 spiro atoms. The minimum Gasteiger partial charge on any atom is -0.311 e. The molecule has 10 aromatic carbocycles. The predicted molar refractivity (Wildman–Crippen MR) is 266 cm³/mol. The molecule has 0 saturated carbocycles. The molecule has 0 fully saturated rings. The van der Waals surface area contributed by atoms with E-state index in [9.17, 15) is 0 Å². The van der Waals surface area contributed by atoms with E-state index in [1.54, 1.807) is 0 Å². The Balaban J connectivity index is 1.05. The van der Waals surface area contributed by atoms with Crippen molar-refractivity contribution in [1.29, 1.82) is 0 Å². The van der Waals surface area contributed by atoms with Crippen LogP contribution in [0.1, 0.15) is 16.7 Å². The van der Waals surface area contributed by atoms with Gasteiger partial charge in [-0.3, -0.25) is 0 Å². The van der Waals surface area contributed by atoms with Crippen LogP contribution in [0.25, 0.3) is 89.5 Å². The fourth-order valence-corrected chi connectivity index (χ4v) is 9.85. The molecule has 0 aromatic heterocycles. The molecule has 1 heteroatoms. The smallest absolute Gasteiger partial charge is 0.0462 e. The Labute approximate surface area is 369 Å². The molecule has 2 aliphatic carbocycles. The van der Waals surface area contributed by atoms with Crippen molar-refractivity contribution >= 4 is 28.7 Å². The summed E-state index contributed by atoms with van der Waals surface area (Å²) in [6.45, 7) is 0. The van der Waals surface area contributed by atoms with Crippen LogP contribution >= 0.6 is 0 Å². The quantitative estimate of drug-likeness (QED) is 0.155. The van der Waals surface area contributed by atoms with Gasteiger partial charge in [0.2, 0.25) is 0 Å². The van der Waals surface area contributed by atoms with E-state index in [2.05, 4.69) is 254 Å². The third-order valence-electron chi connectivity index (χ3n) is 12.8. The van der Waals surface area contributed by atoms with Crippen molar-refractivity contribution in [3.05, 3.63) is 259 Å². The maximum Gasteiger partial charge on any atom is 0.0462 e. The van der Waals surface area contributed by atoms with Gasteiger partial charge in [-0.25, -0.2) is 0 Å². The lowest BCUT2D eigenvalue weighted by Crippen LogP contribution is -2.09. The maximum atomic E-state index is 2.49. The van der Waals surface area contributed by atoms with Gasteiger partial charge < -0.3 is 4.90 Å². The lowest BCUT2D eigenvalue weighted by Gasteiger charge is -2.25. The largest absolute Gasteiger partial charge is 0.311 e. The molecule has 0 atom stereocenters. The van der Waals surface area contributed by atoms with Crippen LogP contribution in [-0.4, -0.2) is 0 Å². The average molecular weight is 800 g/mol. The summed E-state index contributed by atoms with van der Waals surface area (Å²) in [5.74, 6) is 0. The van der Waals surface area contributed by atoms with E-state index in [0.717, 1.165) is 17.1 Å². The molecule has 0 amide bonds. The monoisotopic (exact) mass is 799 g/mol. The van der Waals surface area contributed by atoms with Gasteiger partial charge in [0.05, 0.1) is 0 Å². The first-order chi connectivity index (χ1) is 31.2. The molecular weight excluding hydrogens is 759 g/mol. The van der Waals surface area contributed by atoms with Crippen LogP contribution in [0, 0.1) is 0 Å². The van der Waals surface area contributed by atoms with Crippen LogP contribution in [0.3, 0.4) is 0 Å². The molecule has 0 unspecified atom stereocenters. The minimum atomic E-state index is 1.12.